The quantitative estimate of drug-likeness (QED) is 0.823. The summed E-state index contributed by atoms with van der Waals surface area (Å²) in [6.07, 6.45) is 4.37. The summed E-state index contributed by atoms with van der Waals surface area (Å²) >= 11 is 0. The van der Waals surface area contributed by atoms with Gasteiger partial charge in [-0.15, -0.1) is 0 Å². The van der Waals surface area contributed by atoms with E-state index in [2.05, 4.69) is 4.98 Å². The van der Waals surface area contributed by atoms with Crippen LogP contribution < -0.4 is 5.56 Å². The van der Waals surface area contributed by atoms with Gasteiger partial charge < -0.3 is 14.8 Å². The zero-order valence-corrected chi connectivity index (χ0v) is 9.44. The van der Waals surface area contributed by atoms with Crippen molar-refractivity contribution in [2.45, 2.75) is 19.3 Å². The van der Waals surface area contributed by atoms with Gasteiger partial charge in [0.2, 0.25) is 0 Å². The number of hydrogen-bond donors (Lipinski definition) is 2. The highest BCUT2D eigenvalue weighted by atomic mass is 16.5. The summed E-state index contributed by atoms with van der Waals surface area (Å²) in [5.41, 5.74) is 0.136. The lowest BCUT2D eigenvalue weighted by Crippen LogP contribution is -2.20. The number of pyridine rings is 1. The molecule has 1 aromatic heterocycles. The monoisotopic (exact) mass is 237 g/mol. The molecule has 0 atom stereocenters. The van der Waals surface area contributed by atoms with Crippen molar-refractivity contribution in [3.05, 3.63) is 33.7 Å². The number of rotatable bonds is 3. The molecule has 2 N–H and O–H groups in total. The van der Waals surface area contributed by atoms with Crippen LogP contribution in [0, 0.1) is 5.92 Å². The number of carboxylic acid groups (broad SMARTS) is 1. The van der Waals surface area contributed by atoms with Crippen LogP contribution in [0.5, 0.6) is 0 Å². The Morgan fingerprint density at radius 3 is 2.82 bits per heavy atom. The van der Waals surface area contributed by atoms with Crippen molar-refractivity contribution in [3.63, 3.8) is 0 Å². The highest BCUT2D eigenvalue weighted by molar-refractivity contribution is 5.87. The summed E-state index contributed by atoms with van der Waals surface area (Å²) in [7, 11) is 0. The molecule has 17 heavy (non-hydrogen) atoms. The average molecular weight is 237 g/mol. The minimum Gasteiger partial charge on any atom is -0.477 e. The minimum absolute atomic E-state index is 0.186. The SMILES string of the molecule is O=C(O)c1cc(CC2CCOCC2)c[nH]c1=O. The van der Waals surface area contributed by atoms with Gasteiger partial charge in [0.1, 0.15) is 5.56 Å². The number of aromatic nitrogens is 1. The van der Waals surface area contributed by atoms with E-state index in [0.29, 0.717) is 5.92 Å². The van der Waals surface area contributed by atoms with Crippen LogP contribution in [-0.4, -0.2) is 29.3 Å². The van der Waals surface area contributed by atoms with Crippen LogP contribution in [0.1, 0.15) is 28.8 Å². The largest absolute Gasteiger partial charge is 0.477 e. The van der Waals surface area contributed by atoms with Gasteiger partial charge in [0.05, 0.1) is 0 Å². The Morgan fingerprint density at radius 2 is 2.18 bits per heavy atom. The van der Waals surface area contributed by atoms with E-state index in [4.69, 9.17) is 9.84 Å². The standard InChI is InChI=1S/C12H15NO4/c14-11-10(12(15)16)6-9(7-13-11)5-8-1-3-17-4-2-8/h6-8H,1-5H2,(H,13,14)(H,15,16). The van der Waals surface area contributed by atoms with Crippen LogP contribution in [-0.2, 0) is 11.2 Å². The van der Waals surface area contributed by atoms with E-state index in [0.717, 1.165) is 38.0 Å². The first kappa shape index (κ1) is 11.9. The molecule has 1 aliphatic heterocycles. The lowest BCUT2D eigenvalue weighted by atomic mass is 9.93. The summed E-state index contributed by atoms with van der Waals surface area (Å²) < 4.78 is 5.27. The fraction of sp³-hybridized carbons (Fsp3) is 0.500. The molecule has 0 amide bonds. The van der Waals surface area contributed by atoms with Crippen molar-refractivity contribution in [2.24, 2.45) is 5.92 Å². The molecule has 1 aliphatic rings. The molecule has 0 unspecified atom stereocenters. The Balaban J connectivity index is 2.13. The van der Waals surface area contributed by atoms with Crippen LogP contribution in [0.15, 0.2) is 17.1 Å². The summed E-state index contributed by atoms with van der Waals surface area (Å²) in [5.74, 6) is -0.670. The second kappa shape index (κ2) is 5.14. The molecule has 2 rings (SSSR count). The van der Waals surface area contributed by atoms with Gasteiger partial charge in [-0.05, 0) is 36.8 Å². The maximum Gasteiger partial charge on any atom is 0.341 e. The number of aromatic amines is 1. The molecule has 92 valence electrons. The molecule has 1 fully saturated rings. The fourth-order valence-corrected chi connectivity index (χ4v) is 2.09. The van der Waals surface area contributed by atoms with E-state index in [-0.39, 0.29) is 5.56 Å². The maximum atomic E-state index is 11.2. The second-order valence-electron chi connectivity index (χ2n) is 4.32. The van der Waals surface area contributed by atoms with Gasteiger partial charge in [0, 0.05) is 19.4 Å². The first-order chi connectivity index (χ1) is 8.16. The third-order valence-corrected chi connectivity index (χ3v) is 3.06. The van der Waals surface area contributed by atoms with Gasteiger partial charge in [-0.25, -0.2) is 4.79 Å². The molecular weight excluding hydrogens is 222 g/mol. The number of carboxylic acids is 1. The van der Waals surface area contributed by atoms with Crippen molar-refractivity contribution in [1.82, 2.24) is 4.98 Å². The van der Waals surface area contributed by atoms with E-state index >= 15 is 0 Å². The van der Waals surface area contributed by atoms with Gasteiger partial charge >= 0.3 is 5.97 Å². The van der Waals surface area contributed by atoms with E-state index in [1.807, 2.05) is 0 Å². The number of aromatic carboxylic acids is 1. The molecule has 2 heterocycles. The Labute approximate surface area is 98.4 Å². The predicted octanol–water partition coefficient (Wildman–Crippen LogP) is 1.04. The fourth-order valence-electron chi connectivity index (χ4n) is 2.09. The lowest BCUT2D eigenvalue weighted by molar-refractivity contribution is 0.0662. The van der Waals surface area contributed by atoms with Crippen molar-refractivity contribution in [2.75, 3.05) is 13.2 Å². The maximum absolute atomic E-state index is 11.2. The van der Waals surface area contributed by atoms with E-state index in [9.17, 15) is 9.59 Å². The molecular formula is C12H15NO4. The summed E-state index contributed by atoms with van der Waals surface area (Å²) in [5, 5.41) is 8.86. The number of H-pyrrole nitrogens is 1. The zero-order valence-electron chi connectivity index (χ0n) is 9.44. The molecule has 0 bridgehead atoms. The topological polar surface area (TPSA) is 79.4 Å². The van der Waals surface area contributed by atoms with Gasteiger partial charge in [-0.1, -0.05) is 0 Å². The van der Waals surface area contributed by atoms with Crippen LogP contribution in [0.25, 0.3) is 0 Å². The third kappa shape index (κ3) is 2.94. The molecule has 0 aliphatic carbocycles. The Bertz CT molecular complexity index is 460. The summed E-state index contributed by atoms with van der Waals surface area (Å²) in [6, 6.07) is 1.47. The molecule has 5 heteroatoms. The van der Waals surface area contributed by atoms with Crippen LogP contribution in [0.4, 0.5) is 0 Å². The van der Waals surface area contributed by atoms with E-state index in [1.54, 1.807) is 6.20 Å². The van der Waals surface area contributed by atoms with E-state index < -0.39 is 11.5 Å². The van der Waals surface area contributed by atoms with Gasteiger partial charge in [0.15, 0.2) is 0 Å². The lowest BCUT2D eigenvalue weighted by Gasteiger charge is -2.21. The number of ether oxygens (including phenoxy) is 1. The number of hydrogen-bond acceptors (Lipinski definition) is 3. The van der Waals surface area contributed by atoms with Crippen LogP contribution >= 0.6 is 0 Å². The molecule has 0 radical (unpaired) electrons. The molecule has 0 spiro atoms. The van der Waals surface area contributed by atoms with Crippen molar-refractivity contribution >= 4 is 5.97 Å². The highest BCUT2D eigenvalue weighted by Gasteiger charge is 2.16. The van der Waals surface area contributed by atoms with Crippen molar-refractivity contribution in [1.29, 1.82) is 0 Å². The molecule has 0 saturated carbocycles. The first-order valence-electron chi connectivity index (χ1n) is 5.69. The summed E-state index contributed by atoms with van der Waals surface area (Å²) in [4.78, 5) is 24.5. The Kier molecular flexibility index (Phi) is 3.58. The first-order valence-corrected chi connectivity index (χ1v) is 5.69. The van der Waals surface area contributed by atoms with Gasteiger partial charge in [0.25, 0.3) is 5.56 Å². The van der Waals surface area contributed by atoms with Gasteiger partial charge in [-0.2, -0.15) is 0 Å². The normalized spacial score (nSPS) is 16.9. The van der Waals surface area contributed by atoms with Gasteiger partial charge in [-0.3, -0.25) is 4.79 Å². The van der Waals surface area contributed by atoms with Crippen LogP contribution in [0.3, 0.4) is 0 Å². The van der Waals surface area contributed by atoms with Crippen molar-refractivity contribution in [3.8, 4) is 0 Å². The Morgan fingerprint density at radius 1 is 1.47 bits per heavy atom. The Hall–Kier alpha value is -1.62. The average Bonchev–Trinajstić information content (AvgIpc) is 2.32. The zero-order chi connectivity index (χ0) is 12.3. The van der Waals surface area contributed by atoms with Crippen molar-refractivity contribution < 1.29 is 14.6 Å². The minimum atomic E-state index is -1.18. The molecule has 0 aromatic carbocycles. The number of nitrogens with one attached hydrogen (secondary N) is 1. The third-order valence-electron chi connectivity index (χ3n) is 3.06. The molecule has 1 saturated heterocycles. The second-order valence-corrected chi connectivity index (χ2v) is 4.32. The smallest absolute Gasteiger partial charge is 0.341 e. The number of carbonyl (C=O) groups is 1. The highest BCUT2D eigenvalue weighted by Crippen LogP contribution is 2.19. The molecule has 1 aromatic rings. The van der Waals surface area contributed by atoms with E-state index in [1.165, 1.54) is 6.07 Å². The van der Waals surface area contributed by atoms with Crippen LogP contribution in [0.2, 0.25) is 0 Å². The summed E-state index contributed by atoms with van der Waals surface area (Å²) in [6.45, 7) is 1.53. The molecule has 5 nitrogen and oxygen atoms in total. The predicted molar refractivity (Wildman–Crippen MR) is 61.3 cm³/mol.